The molecule has 3 aliphatic rings. The van der Waals surface area contributed by atoms with Gasteiger partial charge in [-0.2, -0.15) is 0 Å². The average Bonchev–Trinajstić information content (AvgIpc) is 3.70. The van der Waals surface area contributed by atoms with E-state index in [9.17, 15) is 9.59 Å². The van der Waals surface area contributed by atoms with Gasteiger partial charge in [0.25, 0.3) is 0 Å². The highest BCUT2D eigenvalue weighted by molar-refractivity contribution is 5.89. The molecular weight excluding hydrogens is 430 g/mol. The van der Waals surface area contributed by atoms with Crippen molar-refractivity contribution in [3.63, 3.8) is 0 Å². The highest BCUT2D eigenvalue weighted by Crippen LogP contribution is 2.41. The van der Waals surface area contributed by atoms with Gasteiger partial charge >= 0.3 is 6.09 Å². The maximum absolute atomic E-state index is 13.8. The van der Waals surface area contributed by atoms with Crippen LogP contribution in [-0.2, 0) is 16.0 Å². The number of hydrogen-bond donors (Lipinski definition) is 1. The van der Waals surface area contributed by atoms with Crippen LogP contribution in [0.3, 0.4) is 0 Å². The molecule has 2 amide bonds. The summed E-state index contributed by atoms with van der Waals surface area (Å²) in [5.41, 5.74) is 3.01. The van der Waals surface area contributed by atoms with Crippen LogP contribution in [0.4, 0.5) is 4.79 Å². The topological polar surface area (TPSA) is 71.1 Å². The lowest BCUT2D eigenvalue weighted by Crippen LogP contribution is -2.55. The van der Waals surface area contributed by atoms with Gasteiger partial charge in [0, 0.05) is 19.6 Å². The number of carbonyl (C=O) groups excluding carboxylic acids is 2. The highest BCUT2D eigenvalue weighted by Gasteiger charge is 2.52. The Labute approximate surface area is 201 Å². The molecule has 1 N–H and O–H groups in total. The molecular formula is C27H33N3O4. The van der Waals surface area contributed by atoms with Crippen molar-refractivity contribution >= 4 is 12.0 Å². The predicted octanol–water partition coefficient (Wildman–Crippen LogP) is 3.85. The molecule has 1 spiro atoms. The predicted molar refractivity (Wildman–Crippen MR) is 129 cm³/mol. The molecule has 7 nitrogen and oxygen atoms in total. The van der Waals surface area contributed by atoms with Crippen molar-refractivity contribution in [3.05, 3.63) is 65.2 Å². The lowest BCUT2D eigenvalue weighted by Gasteiger charge is -2.37. The van der Waals surface area contributed by atoms with Crippen molar-refractivity contribution in [1.29, 1.82) is 0 Å². The molecule has 1 aliphatic carbocycles. The van der Waals surface area contributed by atoms with E-state index in [0.717, 1.165) is 23.3 Å². The maximum Gasteiger partial charge on any atom is 0.409 e. The summed E-state index contributed by atoms with van der Waals surface area (Å²) < 4.78 is 10.1. The molecule has 180 valence electrons. The van der Waals surface area contributed by atoms with Gasteiger partial charge in [-0.25, -0.2) is 4.79 Å². The van der Waals surface area contributed by atoms with Crippen molar-refractivity contribution < 1.29 is 19.1 Å². The van der Waals surface area contributed by atoms with E-state index in [1.807, 2.05) is 17.0 Å². The molecule has 1 unspecified atom stereocenters. The summed E-state index contributed by atoms with van der Waals surface area (Å²) in [6.45, 7) is 1.63. The van der Waals surface area contributed by atoms with Crippen LogP contribution in [0.1, 0.15) is 54.5 Å². The van der Waals surface area contributed by atoms with Crippen molar-refractivity contribution in [2.45, 2.75) is 49.7 Å². The minimum absolute atomic E-state index is 0.127. The van der Waals surface area contributed by atoms with E-state index >= 15 is 0 Å². The SMILES string of the molecule is COC(=O)N1CCC2(CC1)NC(c1ccc(C3CC3)cc1)N(CCc1ccc(OC)cc1)C2=O. The lowest BCUT2D eigenvalue weighted by molar-refractivity contribution is -0.134. The fourth-order valence-electron chi connectivity index (χ4n) is 5.25. The van der Waals surface area contributed by atoms with E-state index in [1.54, 1.807) is 12.0 Å². The van der Waals surface area contributed by atoms with Gasteiger partial charge in [-0.05, 0) is 66.8 Å². The number of hydrogen-bond acceptors (Lipinski definition) is 5. The Balaban J connectivity index is 1.36. The molecule has 2 aliphatic heterocycles. The second-order valence-corrected chi connectivity index (χ2v) is 9.62. The van der Waals surface area contributed by atoms with Crippen LogP contribution in [0, 0.1) is 0 Å². The third kappa shape index (κ3) is 4.37. The number of nitrogens with zero attached hydrogens (tertiary/aromatic N) is 2. The molecule has 1 atom stereocenters. The van der Waals surface area contributed by atoms with E-state index in [0.29, 0.717) is 38.4 Å². The van der Waals surface area contributed by atoms with Gasteiger partial charge in [-0.1, -0.05) is 36.4 Å². The fourth-order valence-corrected chi connectivity index (χ4v) is 5.25. The van der Waals surface area contributed by atoms with Crippen LogP contribution in [-0.4, -0.2) is 61.2 Å². The molecule has 0 bridgehead atoms. The monoisotopic (exact) mass is 463 g/mol. The van der Waals surface area contributed by atoms with Crippen molar-refractivity contribution in [3.8, 4) is 5.75 Å². The third-order valence-electron chi connectivity index (χ3n) is 7.55. The second kappa shape index (κ2) is 9.29. The summed E-state index contributed by atoms with van der Waals surface area (Å²) >= 11 is 0. The number of amides is 2. The zero-order valence-corrected chi connectivity index (χ0v) is 20.0. The van der Waals surface area contributed by atoms with E-state index in [4.69, 9.17) is 9.47 Å². The molecule has 0 radical (unpaired) electrons. The number of ether oxygens (including phenoxy) is 2. The molecule has 1 saturated carbocycles. The van der Waals surface area contributed by atoms with Gasteiger partial charge in [0.1, 0.15) is 17.5 Å². The smallest absolute Gasteiger partial charge is 0.409 e. The number of rotatable bonds is 6. The van der Waals surface area contributed by atoms with Crippen LogP contribution >= 0.6 is 0 Å². The highest BCUT2D eigenvalue weighted by atomic mass is 16.5. The van der Waals surface area contributed by atoms with Gasteiger partial charge < -0.3 is 19.3 Å². The van der Waals surface area contributed by atoms with Crippen LogP contribution in [0.5, 0.6) is 5.75 Å². The number of likely N-dealkylation sites (tertiary alicyclic amines) is 1. The van der Waals surface area contributed by atoms with Crippen LogP contribution < -0.4 is 10.1 Å². The lowest BCUT2D eigenvalue weighted by atomic mass is 9.87. The van der Waals surface area contributed by atoms with E-state index in [2.05, 4.69) is 41.7 Å². The Kier molecular flexibility index (Phi) is 6.21. The molecule has 7 heteroatoms. The van der Waals surface area contributed by atoms with E-state index in [-0.39, 0.29) is 18.2 Å². The Hall–Kier alpha value is -3.06. The zero-order chi connectivity index (χ0) is 23.7. The first-order chi connectivity index (χ1) is 16.5. The molecule has 2 aromatic carbocycles. The molecule has 34 heavy (non-hydrogen) atoms. The molecule has 2 aromatic rings. The third-order valence-corrected chi connectivity index (χ3v) is 7.55. The Morgan fingerprint density at radius 1 is 1.00 bits per heavy atom. The molecule has 2 heterocycles. The second-order valence-electron chi connectivity index (χ2n) is 9.62. The Morgan fingerprint density at radius 3 is 2.24 bits per heavy atom. The quantitative estimate of drug-likeness (QED) is 0.705. The molecule has 5 rings (SSSR count). The zero-order valence-electron chi connectivity index (χ0n) is 20.0. The van der Waals surface area contributed by atoms with Crippen LogP contribution in [0.2, 0.25) is 0 Å². The van der Waals surface area contributed by atoms with Crippen molar-refractivity contribution in [1.82, 2.24) is 15.1 Å². The average molecular weight is 464 g/mol. The normalized spacial score (nSPS) is 21.7. The number of nitrogens with one attached hydrogen (secondary N) is 1. The first-order valence-electron chi connectivity index (χ1n) is 12.2. The summed E-state index contributed by atoms with van der Waals surface area (Å²) in [6, 6.07) is 16.8. The van der Waals surface area contributed by atoms with Gasteiger partial charge in [0.05, 0.1) is 14.2 Å². The Morgan fingerprint density at radius 2 is 1.65 bits per heavy atom. The number of benzene rings is 2. The number of carbonyl (C=O) groups is 2. The minimum Gasteiger partial charge on any atom is -0.497 e. The maximum atomic E-state index is 13.8. The summed E-state index contributed by atoms with van der Waals surface area (Å²) in [7, 11) is 3.06. The fraction of sp³-hybridized carbons (Fsp3) is 0.481. The first kappa shape index (κ1) is 22.7. The summed E-state index contributed by atoms with van der Waals surface area (Å²) in [5.74, 6) is 1.65. The van der Waals surface area contributed by atoms with Crippen molar-refractivity contribution in [2.24, 2.45) is 0 Å². The van der Waals surface area contributed by atoms with Crippen molar-refractivity contribution in [2.75, 3.05) is 33.9 Å². The van der Waals surface area contributed by atoms with E-state index < -0.39 is 5.54 Å². The standard InChI is InChI=1S/C27H33N3O4/c1-33-23-11-3-19(4-12-23)13-16-30-24(22-9-7-21(8-10-22)20-5-6-20)28-27(25(30)31)14-17-29(18-15-27)26(32)34-2/h3-4,7-12,20,24,28H,5-6,13-18H2,1-2H3. The molecule has 3 fully saturated rings. The first-order valence-corrected chi connectivity index (χ1v) is 12.2. The number of methoxy groups -OCH3 is 2. The van der Waals surface area contributed by atoms with Gasteiger partial charge in [0.2, 0.25) is 5.91 Å². The van der Waals surface area contributed by atoms with Gasteiger partial charge in [0.15, 0.2) is 0 Å². The largest absolute Gasteiger partial charge is 0.497 e. The van der Waals surface area contributed by atoms with Gasteiger partial charge in [-0.15, -0.1) is 0 Å². The Bertz CT molecular complexity index is 1020. The minimum atomic E-state index is -0.649. The molecule has 0 aromatic heterocycles. The summed E-state index contributed by atoms with van der Waals surface area (Å²) in [5, 5.41) is 3.70. The van der Waals surface area contributed by atoms with Crippen LogP contribution in [0.15, 0.2) is 48.5 Å². The molecule has 2 saturated heterocycles. The van der Waals surface area contributed by atoms with Crippen LogP contribution in [0.25, 0.3) is 0 Å². The summed E-state index contributed by atoms with van der Waals surface area (Å²) in [6.07, 6.45) is 3.96. The number of piperidine rings is 1. The van der Waals surface area contributed by atoms with Gasteiger partial charge in [-0.3, -0.25) is 10.1 Å². The van der Waals surface area contributed by atoms with E-state index in [1.165, 1.54) is 25.5 Å². The summed E-state index contributed by atoms with van der Waals surface area (Å²) in [4.78, 5) is 29.5.